The molecule has 0 radical (unpaired) electrons. The molecule has 3 aromatic carbocycles. The molecule has 3 aromatic rings. The van der Waals surface area contributed by atoms with Crippen molar-refractivity contribution in [1.82, 2.24) is 5.32 Å². The van der Waals surface area contributed by atoms with Crippen molar-refractivity contribution >= 4 is 10.8 Å². The molecule has 0 fully saturated rings. The van der Waals surface area contributed by atoms with Crippen molar-refractivity contribution in [2.45, 2.75) is 12.6 Å². The van der Waals surface area contributed by atoms with Crippen LogP contribution in [0.25, 0.3) is 21.9 Å². The fourth-order valence-electron chi connectivity index (χ4n) is 2.66. The topological polar surface area (TPSA) is 56.0 Å². The predicted molar refractivity (Wildman–Crippen MR) is 92.9 cm³/mol. The Morgan fingerprint density at radius 2 is 1.61 bits per heavy atom. The average molecular weight is 302 g/mol. The Labute approximate surface area is 135 Å². The van der Waals surface area contributed by atoms with E-state index in [1.165, 1.54) is 0 Å². The van der Waals surface area contributed by atoms with Crippen molar-refractivity contribution in [3.8, 4) is 17.2 Å². The molecule has 0 amide bonds. The van der Waals surface area contributed by atoms with E-state index < -0.39 is 6.23 Å². The van der Waals surface area contributed by atoms with Gasteiger partial charge in [0.2, 0.25) is 0 Å². The van der Waals surface area contributed by atoms with E-state index in [2.05, 4.69) is 41.7 Å². The van der Waals surface area contributed by atoms with Crippen LogP contribution in [0, 0.1) is 11.3 Å². The summed E-state index contributed by atoms with van der Waals surface area (Å²) in [6, 6.07) is 22.3. The lowest BCUT2D eigenvalue weighted by Gasteiger charge is -2.10. The third kappa shape index (κ3) is 3.40. The van der Waals surface area contributed by atoms with Crippen LogP contribution in [0.2, 0.25) is 0 Å². The molecule has 114 valence electrons. The number of aliphatic hydroxyl groups is 1. The molecule has 0 aliphatic carbocycles. The van der Waals surface area contributed by atoms with Crippen molar-refractivity contribution in [3.63, 3.8) is 0 Å². The van der Waals surface area contributed by atoms with Gasteiger partial charge in [-0.25, -0.2) is 0 Å². The third-order valence-electron chi connectivity index (χ3n) is 4.01. The lowest BCUT2D eigenvalue weighted by molar-refractivity contribution is 0.147. The molecular weight excluding hydrogens is 284 g/mol. The highest BCUT2D eigenvalue weighted by atomic mass is 16.3. The molecule has 0 bridgehead atoms. The summed E-state index contributed by atoms with van der Waals surface area (Å²) in [6.45, 7) is 0. The fraction of sp³-hybridized carbons (Fsp3) is 0.150. The first-order valence-corrected chi connectivity index (χ1v) is 7.58. The number of hydrogen-bond acceptors (Lipinski definition) is 3. The lowest BCUT2D eigenvalue weighted by Crippen LogP contribution is -2.26. The fourth-order valence-corrected chi connectivity index (χ4v) is 2.66. The van der Waals surface area contributed by atoms with E-state index in [0.29, 0.717) is 12.0 Å². The number of nitriles is 1. The molecule has 23 heavy (non-hydrogen) atoms. The van der Waals surface area contributed by atoms with Crippen LogP contribution < -0.4 is 5.32 Å². The van der Waals surface area contributed by atoms with Crippen LogP contribution >= 0.6 is 0 Å². The Morgan fingerprint density at radius 3 is 2.30 bits per heavy atom. The molecule has 3 nitrogen and oxygen atoms in total. The molecule has 0 heterocycles. The number of rotatable bonds is 4. The van der Waals surface area contributed by atoms with Crippen LogP contribution in [0.4, 0.5) is 0 Å². The van der Waals surface area contributed by atoms with E-state index in [-0.39, 0.29) is 0 Å². The number of likely N-dealkylation sites (N-methyl/N-ethyl adjacent to an activating group) is 1. The van der Waals surface area contributed by atoms with Gasteiger partial charge in [-0.05, 0) is 52.7 Å². The minimum absolute atomic E-state index is 0.523. The molecule has 0 aromatic heterocycles. The van der Waals surface area contributed by atoms with E-state index in [0.717, 1.165) is 27.5 Å². The Morgan fingerprint density at radius 1 is 0.957 bits per heavy atom. The highest BCUT2D eigenvalue weighted by Crippen LogP contribution is 2.25. The van der Waals surface area contributed by atoms with Gasteiger partial charge in [0.1, 0.15) is 6.23 Å². The van der Waals surface area contributed by atoms with Crippen LogP contribution in [0.1, 0.15) is 11.1 Å². The Kier molecular flexibility index (Phi) is 4.38. The normalized spacial score (nSPS) is 12.0. The summed E-state index contributed by atoms with van der Waals surface area (Å²) in [5, 5.41) is 23.7. The minimum atomic E-state index is -0.523. The Bertz CT molecular complexity index is 863. The van der Waals surface area contributed by atoms with E-state index >= 15 is 0 Å². The summed E-state index contributed by atoms with van der Waals surface area (Å²) in [7, 11) is 1.75. The largest absolute Gasteiger partial charge is 0.378 e. The van der Waals surface area contributed by atoms with E-state index in [9.17, 15) is 5.11 Å². The summed E-state index contributed by atoms with van der Waals surface area (Å²) in [5.74, 6) is 0. The zero-order valence-corrected chi connectivity index (χ0v) is 13.0. The van der Waals surface area contributed by atoms with Gasteiger partial charge in [-0.2, -0.15) is 5.26 Å². The molecule has 1 atom stereocenters. The second-order valence-corrected chi connectivity index (χ2v) is 5.59. The standard InChI is InChI=1S/C20H18N2O/c1-22-20(23)11-15-4-7-19-12-18(9-8-17(19)10-15)16-5-2-14(13-21)3-6-16/h2-10,12,20,22-23H,11H2,1H3. The van der Waals surface area contributed by atoms with Gasteiger partial charge in [0.15, 0.2) is 0 Å². The molecule has 3 rings (SSSR count). The molecule has 0 saturated heterocycles. The molecule has 2 N–H and O–H groups in total. The van der Waals surface area contributed by atoms with Crippen LogP contribution in [0.5, 0.6) is 0 Å². The van der Waals surface area contributed by atoms with Crippen molar-refractivity contribution < 1.29 is 5.11 Å². The highest BCUT2D eigenvalue weighted by molar-refractivity contribution is 5.87. The summed E-state index contributed by atoms with van der Waals surface area (Å²) >= 11 is 0. The second kappa shape index (κ2) is 6.62. The maximum atomic E-state index is 9.68. The van der Waals surface area contributed by atoms with Gasteiger partial charge in [0.05, 0.1) is 11.6 Å². The van der Waals surface area contributed by atoms with Gasteiger partial charge in [0.25, 0.3) is 0 Å². The van der Waals surface area contributed by atoms with Gasteiger partial charge in [-0.1, -0.05) is 42.5 Å². The van der Waals surface area contributed by atoms with Crippen LogP contribution in [0.3, 0.4) is 0 Å². The van der Waals surface area contributed by atoms with Crippen molar-refractivity contribution in [2.24, 2.45) is 0 Å². The SMILES string of the molecule is CNC(O)Cc1ccc2cc(-c3ccc(C#N)cc3)ccc2c1. The number of fused-ring (bicyclic) bond motifs is 1. The molecule has 3 heteroatoms. The highest BCUT2D eigenvalue weighted by Gasteiger charge is 2.05. The average Bonchev–Trinajstić information content (AvgIpc) is 2.61. The predicted octanol–water partition coefficient (Wildman–Crippen LogP) is 3.46. The number of aliphatic hydroxyl groups excluding tert-OH is 1. The first kappa shape index (κ1) is 15.2. The minimum Gasteiger partial charge on any atom is -0.378 e. The van der Waals surface area contributed by atoms with Gasteiger partial charge < -0.3 is 5.11 Å². The molecule has 0 aliphatic rings. The number of nitrogens with zero attached hydrogens (tertiary/aromatic N) is 1. The Hall–Kier alpha value is -2.67. The van der Waals surface area contributed by atoms with Crippen LogP contribution in [-0.2, 0) is 6.42 Å². The number of benzene rings is 3. The molecule has 0 aliphatic heterocycles. The summed E-state index contributed by atoms with van der Waals surface area (Å²) < 4.78 is 0. The van der Waals surface area contributed by atoms with Gasteiger partial charge in [-0.3, -0.25) is 5.32 Å². The van der Waals surface area contributed by atoms with Crippen molar-refractivity contribution in [2.75, 3.05) is 7.05 Å². The molecular formula is C20H18N2O. The van der Waals surface area contributed by atoms with Crippen molar-refractivity contribution in [1.29, 1.82) is 5.26 Å². The first-order valence-electron chi connectivity index (χ1n) is 7.58. The van der Waals surface area contributed by atoms with E-state index in [1.807, 2.05) is 30.3 Å². The van der Waals surface area contributed by atoms with Crippen LogP contribution in [0.15, 0.2) is 60.7 Å². The maximum absolute atomic E-state index is 9.68. The third-order valence-corrected chi connectivity index (χ3v) is 4.01. The quantitative estimate of drug-likeness (QED) is 0.726. The maximum Gasteiger partial charge on any atom is 0.108 e. The lowest BCUT2D eigenvalue weighted by atomic mass is 9.98. The molecule has 0 spiro atoms. The number of nitrogens with one attached hydrogen (secondary N) is 1. The monoisotopic (exact) mass is 302 g/mol. The van der Waals surface area contributed by atoms with Gasteiger partial charge >= 0.3 is 0 Å². The second-order valence-electron chi connectivity index (χ2n) is 5.59. The Balaban J connectivity index is 1.93. The smallest absolute Gasteiger partial charge is 0.108 e. The summed E-state index contributed by atoms with van der Waals surface area (Å²) in [6.07, 6.45) is 0.0643. The van der Waals surface area contributed by atoms with E-state index in [4.69, 9.17) is 5.26 Å². The van der Waals surface area contributed by atoms with Crippen LogP contribution in [-0.4, -0.2) is 18.4 Å². The van der Waals surface area contributed by atoms with Crippen molar-refractivity contribution in [3.05, 3.63) is 71.8 Å². The van der Waals surface area contributed by atoms with Gasteiger partial charge in [0, 0.05) is 6.42 Å². The zero-order valence-electron chi connectivity index (χ0n) is 13.0. The summed E-state index contributed by atoms with van der Waals surface area (Å²) in [5.41, 5.74) is 4.00. The zero-order chi connectivity index (χ0) is 16.2. The summed E-state index contributed by atoms with van der Waals surface area (Å²) in [4.78, 5) is 0. The van der Waals surface area contributed by atoms with E-state index in [1.54, 1.807) is 7.05 Å². The molecule has 1 unspecified atom stereocenters. The molecule has 0 saturated carbocycles. The number of hydrogen-bond donors (Lipinski definition) is 2. The van der Waals surface area contributed by atoms with Gasteiger partial charge in [-0.15, -0.1) is 0 Å². The first-order chi connectivity index (χ1) is 11.2.